The van der Waals surface area contributed by atoms with Gasteiger partial charge in [-0.05, 0) is 0 Å². The van der Waals surface area contributed by atoms with Gasteiger partial charge in [0, 0.05) is 0 Å². The van der Waals surface area contributed by atoms with E-state index in [-0.39, 0.29) is 0 Å². The van der Waals surface area contributed by atoms with E-state index < -0.39 is 14.7 Å². The van der Waals surface area contributed by atoms with Crippen LogP contribution in [0.25, 0.3) is 0 Å². The molecule has 0 radical (unpaired) electrons. The van der Waals surface area contributed by atoms with Crippen LogP contribution in [0.15, 0.2) is 72.8 Å². The van der Waals surface area contributed by atoms with E-state index in [9.17, 15) is 0 Å². The number of benzene rings is 3. The van der Waals surface area contributed by atoms with Crippen LogP contribution in [0.3, 0.4) is 0 Å². The van der Waals surface area contributed by atoms with Gasteiger partial charge >= 0.3 is 173 Å². The normalized spacial score (nSPS) is 10.7. The molecule has 0 saturated carbocycles. The Bertz CT molecular complexity index is 777. The van der Waals surface area contributed by atoms with Gasteiger partial charge in [0.25, 0.3) is 0 Å². The summed E-state index contributed by atoms with van der Waals surface area (Å²) in [7, 11) is 5.24. The third-order valence-electron chi connectivity index (χ3n) is 4.76. The molecule has 0 aliphatic heterocycles. The molecule has 0 saturated heterocycles. The van der Waals surface area contributed by atoms with Gasteiger partial charge in [-0.25, -0.2) is 0 Å². The van der Waals surface area contributed by atoms with Crippen LogP contribution in [0.1, 0.15) is 16.7 Å². The van der Waals surface area contributed by atoms with Crippen molar-refractivity contribution in [3.63, 3.8) is 0 Å². The molecule has 0 aromatic heterocycles. The first-order valence-corrected chi connectivity index (χ1v) is 13.3. The number of hydrogen-bond donors (Lipinski definition) is 0. The molecule has 3 nitrogen and oxygen atoms in total. The molecule has 3 rings (SSSR count). The van der Waals surface area contributed by atoms with Gasteiger partial charge in [-0.2, -0.15) is 0 Å². The zero-order valence-electron chi connectivity index (χ0n) is 16.7. The summed E-state index contributed by atoms with van der Waals surface area (Å²) in [6.45, 7) is 0. The van der Waals surface area contributed by atoms with Crippen molar-refractivity contribution in [3.05, 3.63) is 89.5 Å². The fourth-order valence-corrected chi connectivity index (χ4v) is 8.77. The minimum atomic E-state index is -1.36. The van der Waals surface area contributed by atoms with Crippen molar-refractivity contribution in [2.75, 3.05) is 21.3 Å². The first-order valence-electron chi connectivity index (χ1n) is 9.33. The average molecular weight is 438 g/mol. The van der Waals surface area contributed by atoms with Crippen molar-refractivity contribution < 1.29 is 14.2 Å². The van der Waals surface area contributed by atoms with Crippen LogP contribution in [0.2, 0.25) is 0 Å². The van der Waals surface area contributed by atoms with Crippen molar-refractivity contribution in [3.8, 4) is 17.2 Å². The Morgan fingerprint density at radius 1 is 0.500 bits per heavy atom. The van der Waals surface area contributed by atoms with Crippen LogP contribution in [0.5, 0.6) is 17.2 Å². The molecule has 28 heavy (non-hydrogen) atoms. The topological polar surface area (TPSA) is 27.7 Å². The fourth-order valence-electron chi connectivity index (χ4n) is 3.39. The van der Waals surface area contributed by atoms with Crippen molar-refractivity contribution in [1.82, 2.24) is 0 Å². The van der Waals surface area contributed by atoms with Crippen LogP contribution in [0, 0.1) is 0 Å². The predicted molar refractivity (Wildman–Crippen MR) is 116 cm³/mol. The second kappa shape index (κ2) is 10.2. The standard InChI is InChI=1S/C24H27AsO3/c1-26-22-13-7-4-10-19(22)16-25(17-20-11-5-8-14-23(20)27-2)18-21-12-6-9-15-24(21)28-3/h4-15H,16-18H2,1-3H3. The van der Waals surface area contributed by atoms with Gasteiger partial charge < -0.3 is 0 Å². The molecule has 0 fully saturated rings. The molecule has 0 aliphatic rings. The quantitative estimate of drug-likeness (QED) is 0.447. The average Bonchev–Trinajstić information content (AvgIpc) is 2.75. The molecule has 0 spiro atoms. The van der Waals surface area contributed by atoms with E-state index in [2.05, 4.69) is 36.4 Å². The van der Waals surface area contributed by atoms with E-state index in [0.717, 1.165) is 32.9 Å². The third kappa shape index (κ3) is 5.11. The molecule has 0 atom stereocenters. The summed E-state index contributed by atoms with van der Waals surface area (Å²) in [5.41, 5.74) is 3.86. The summed E-state index contributed by atoms with van der Waals surface area (Å²) in [4.78, 5) is 0. The van der Waals surface area contributed by atoms with Gasteiger partial charge in [0.15, 0.2) is 0 Å². The second-order valence-electron chi connectivity index (χ2n) is 6.58. The second-order valence-corrected chi connectivity index (χ2v) is 11.4. The van der Waals surface area contributed by atoms with Gasteiger partial charge in [0.2, 0.25) is 0 Å². The number of ether oxygens (including phenoxy) is 3. The summed E-state index contributed by atoms with van der Waals surface area (Å²) in [6, 6.07) is 25.1. The van der Waals surface area contributed by atoms with Crippen LogP contribution in [0.4, 0.5) is 0 Å². The van der Waals surface area contributed by atoms with Gasteiger partial charge in [-0.3, -0.25) is 0 Å². The monoisotopic (exact) mass is 438 g/mol. The Hall–Kier alpha value is -2.38. The number of rotatable bonds is 9. The Labute approximate surface area is 172 Å². The third-order valence-corrected chi connectivity index (χ3v) is 9.72. The van der Waals surface area contributed by atoms with E-state index in [0.29, 0.717) is 0 Å². The first-order chi connectivity index (χ1) is 13.7. The predicted octanol–water partition coefficient (Wildman–Crippen LogP) is 4.85. The maximum absolute atomic E-state index is 5.61. The van der Waals surface area contributed by atoms with Crippen LogP contribution >= 0.6 is 0 Å². The molecule has 0 unspecified atom stereocenters. The molecule has 3 aromatic carbocycles. The molecule has 0 bridgehead atoms. The Morgan fingerprint density at radius 3 is 1.07 bits per heavy atom. The van der Waals surface area contributed by atoms with Crippen LogP contribution in [-0.2, 0) is 15.6 Å². The zero-order chi connectivity index (χ0) is 19.8. The summed E-state index contributed by atoms with van der Waals surface area (Å²) in [5.74, 6) is 2.92. The van der Waals surface area contributed by atoms with Gasteiger partial charge in [0.05, 0.1) is 0 Å². The van der Waals surface area contributed by atoms with E-state index in [1.165, 1.54) is 16.7 Å². The minimum absolute atomic E-state index is 0.974. The Balaban J connectivity index is 1.91. The molecule has 0 heterocycles. The molecule has 0 N–H and O–H groups in total. The van der Waals surface area contributed by atoms with E-state index >= 15 is 0 Å². The molecular formula is C24H27AsO3. The molecule has 146 valence electrons. The molecule has 3 aromatic rings. The Kier molecular flexibility index (Phi) is 7.45. The van der Waals surface area contributed by atoms with E-state index in [1.54, 1.807) is 21.3 Å². The first kappa shape index (κ1) is 20.4. The number of para-hydroxylation sites is 3. The van der Waals surface area contributed by atoms with Crippen molar-refractivity contribution >= 4 is 14.7 Å². The molecule has 0 amide bonds. The molecule has 4 heteroatoms. The summed E-state index contributed by atoms with van der Waals surface area (Å²) >= 11 is -1.36. The van der Waals surface area contributed by atoms with E-state index in [1.807, 2.05) is 36.4 Å². The zero-order valence-corrected chi connectivity index (χ0v) is 18.6. The van der Waals surface area contributed by atoms with Crippen molar-refractivity contribution in [2.45, 2.75) is 15.6 Å². The van der Waals surface area contributed by atoms with Crippen molar-refractivity contribution in [2.24, 2.45) is 0 Å². The van der Waals surface area contributed by atoms with Crippen LogP contribution in [-0.4, -0.2) is 36.0 Å². The van der Waals surface area contributed by atoms with Gasteiger partial charge in [-0.15, -0.1) is 0 Å². The Morgan fingerprint density at radius 2 is 0.786 bits per heavy atom. The van der Waals surface area contributed by atoms with Crippen LogP contribution < -0.4 is 14.2 Å². The number of methoxy groups -OCH3 is 3. The van der Waals surface area contributed by atoms with Gasteiger partial charge in [0.1, 0.15) is 0 Å². The van der Waals surface area contributed by atoms with Crippen molar-refractivity contribution in [1.29, 1.82) is 0 Å². The SMILES string of the molecule is COc1ccccc1C[As](Cc1ccccc1OC)Cc1ccccc1OC. The summed E-state index contributed by atoms with van der Waals surface area (Å²) in [6.07, 6.45) is 0. The summed E-state index contributed by atoms with van der Waals surface area (Å²) < 4.78 is 16.8. The molecular weight excluding hydrogens is 411 g/mol. The van der Waals surface area contributed by atoms with E-state index in [4.69, 9.17) is 14.2 Å². The fraction of sp³-hybridized carbons (Fsp3) is 0.250. The summed E-state index contributed by atoms with van der Waals surface area (Å²) in [5, 5.41) is 3.19. The maximum atomic E-state index is 5.61. The van der Waals surface area contributed by atoms with Gasteiger partial charge in [-0.1, -0.05) is 0 Å². The molecule has 0 aliphatic carbocycles. The number of hydrogen-bond acceptors (Lipinski definition) is 3.